The van der Waals surface area contributed by atoms with E-state index in [1.165, 1.54) is 25.6 Å². The summed E-state index contributed by atoms with van der Waals surface area (Å²) >= 11 is 0. The van der Waals surface area contributed by atoms with Crippen molar-refractivity contribution in [2.75, 3.05) is 12.4 Å². The summed E-state index contributed by atoms with van der Waals surface area (Å²) in [4.78, 5) is 12.6. The molecule has 2 heterocycles. The lowest BCUT2D eigenvalue weighted by Crippen LogP contribution is -2.12. The van der Waals surface area contributed by atoms with Crippen molar-refractivity contribution in [1.29, 1.82) is 0 Å². The Morgan fingerprint density at radius 1 is 1.17 bits per heavy atom. The standard InChI is InChI=1S/C15H15N5O3S/c1-23-14-6-12-13(8-17-14)19-9-20-15(12)18-7-10-2-4-11(5-3-10)24(16,21)22/h2-6,8-9H,7H2,1H3,(H2,16,21,22)(H,18,19,20). The van der Waals surface area contributed by atoms with Gasteiger partial charge in [0.2, 0.25) is 15.9 Å². The Bertz CT molecular complexity index is 974. The molecule has 1 aromatic carbocycles. The number of primary sulfonamides is 1. The zero-order valence-electron chi connectivity index (χ0n) is 12.8. The number of methoxy groups -OCH3 is 1. The van der Waals surface area contributed by atoms with Crippen molar-refractivity contribution in [3.63, 3.8) is 0 Å². The van der Waals surface area contributed by atoms with Crippen LogP contribution in [0.3, 0.4) is 0 Å². The lowest BCUT2D eigenvalue weighted by molar-refractivity contribution is 0.398. The molecule has 0 saturated heterocycles. The molecule has 8 nitrogen and oxygen atoms in total. The highest BCUT2D eigenvalue weighted by Crippen LogP contribution is 2.22. The Morgan fingerprint density at radius 3 is 2.58 bits per heavy atom. The molecule has 0 spiro atoms. The Hall–Kier alpha value is -2.78. The van der Waals surface area contributed by atoms with Crippen molar-refractivity contribution < 1.29 is 13.2 Å². The third-order valence-electron chi connectivity index (χ3n) is 3.42. The highest BCUT2D eigenvalue weighted by atomic mass is 32.2. The maximum atomic E-state index is 11.3. The number of hydrogen-bond acceptors (Lipinski definition) is 7. The number of ether oxygens (including phenoxy) is 1. The molecule has 3 aromatic rings. The number of benzene rings is 1. The molecule has 124 valence electrons. The number of sulfonamides is 1. The van der Waals surface area contributed by atoms with Gasteiger partial charge in [0.05, 0.1) is 23.7 Å². The first-order chi connectivity index (χ1) is 11.5. The van der Waals surface area contributed by atoms with Gasteiger partial charge >= 0.3 is 0 Å². The van der Waals surface area contributed by atoms with Crippen molar-refractivity contribution in [3.05, 3.63) is 48.4 Å². The van der Waals surface area contributed by atoms with Gasteiger partial charge in [-0.2, -0.15) is 0 Å². The van der Waals surface area contributed by atoms with Crippen LogP contribution in [0.25, 0.3) is 10.9 Å². The van der Waals surface area contributed by atoms with Crippen molar-refractivity contribution in [2.45, 2.75) is 11.4 Å². The average molecular weight is 345 g/mol. The highest BCUT2D eigenvalue weighted by molar-refractivity contribution is 7.89. The number of nitrogens with one attached hydrogen (secondary N) is 1. The molecular weight excluding hydrogens is 330 g/mol. The van der Waals surface area contributed by atoms with Crippen LogP contribution in [0, 0.1) is 0 Å². The topological polar surface area (TPSA) is 120 Å². The maximum absolute atomic E-state index is 11.3. The van der Waals surface area contributed by atoms with Crippen LogP contribution in [0.5, 0.6) is 5.88 Å². The quantitative estimate of drug-likeness (QED) is 0.715. The lowest BCUT2D eigenvalue weighted by Gasteiger charge is -2.09. The summed E-state index contributed by atoms with van der Waals surface area (Å²) in [5.41, 5.74) is 1.58. The molecule has 0 radical (unpaired) electrons. The van der Waals surface area contributed by atoms with Gasteiger partial charge in [-0.05, 0) is 17.7 Å². The molecule has 9 heteroatoms. The summed E-state index contributed by atoms with van der Waals surface area (Å²) < 4.78 is 27.6. The second-order valence-electron chi connectivity index (χ2n) is 5.01. The molecule has 0 amide bonds. The summed E-state index contributed by atoms with van der Waals surface area (Å²) in [7, 11) is -2.15. The van der Waals surface area contributed by atoms with Crippen LogP contribution < -0.4 is 15.2 Å². The van der Waals surface area contributed by atoms with Crippen LogP contribution in [0.4, 0.5) is 5.82 Å². The summed E-state index contributed by atoms with van der Waals surface area (Å²) in [6.07, 6.45) is 3.06. The van der Waals surface area contributed by atoms with E-state index in [0.717, 1.165) is 10.9 Å². The molecule has 3 rings (SSSR count). The first-order valence-corrected chi connectivity index (χ1v) is 8.52. The molecule has 0 aliphatic heterocycles. The van der Waals surface area contributed by atoms with E-state index in [1.54, 1.807) is 24.4 Å². The van der Waals surface area contributed by atoms with E-state index < -0.39 is 10.0 Å². The first kappa shape index (κ1) is 16.1. The lowest BCUT2D eigenvalue weighted by atomic mass is 10.2. The second kappa shape index (κ2) is 6.38. The van der Waals surface area contributed by atoms with Crippen LogP contribution >= 0.6 is 0 Å². The molecule has 0 aliphatic rings. The molecule has 2 aromatic heterocycles. The van der Waals surface area contributed by atoms with Crippen LogP contribution in [0.1, 0.15) is 5.56 Å². The maximum Gasteiger partial charge on any atom is 0.238 e. The van der Waals surface area contributed by atoms with E-state index in [4.69, 9.17) is 9.88 Å². The summed E-state index contributed by atoms with van der Waals surface area (Å²) in [5.74, 6) is 1.11. The number of nitrogens with zero attached hydrogens (tertiary/aromatic N) is 3. The zero-order valence-corrected chi connectivity index (χ0v) is 13.6. The van der Waals surface area contributed by atoms with E-state index in [1.807, 2.05) is 0 Å². The Labute approximate surface area is 138 Å². The third-order valence-corrected chi connectivity index (χ3v) is 4.35. The molecule has 0 aliphatic carbocycles. The molecule has 24 heavy (non-hydrogen) atoms. The van der Waals surface area contributed by atoms with Gasteiger partial charge < -0.3 is 10.1 Å². The SMILES string of the molecule is COc1cc2c(NCc3ccc(S(N)(=O)=O)cc3)ncnc2cn1. The largest absolute Gasteiger partial charge is 0.481 e. The van der Waals surface area contributed by atoms with Crippen LogP contribution in [0.15, 0.2) is 47.8 Å². The van der Waals surface area contributed by atoms with E-state index in [0.29, 0.717) is 23.8 Å². The minimum absolute atomic E-state index is 0.0783. The summed E-state index contributed by atoms with van der Waals surface area (Å²) in [6, 6.07) is 8.08. The molecule has 0 fully saturated rings. The van der Waals surface area contributed by atoms with Gasteiger partial charge in [-0.15, -0.1) is 0 Å². The monoisotopic (exact) mass is 345 g/mol. The van der Waals surface area contributed by atoms with Crippen molar-refractivity contribution >= 4 is 26.7 Å². The number of aromatic nitrogens is 3. The first-order valence-electron chi connectivity index (χ1n) is 6.98. The van der Waals surface area contributed by atoms with E-state index >= 15 is 0 Å². The second-order valence-corrected chi connectivity index (χ2v) is 6.57. The van der Waals surface area contributed by atoms with Gasteiger partial charge in [-0.25, -0.2) is 28.5 Å². The minimum atomic E-state index is -3.69. The summed E-state index contributed by atoms with van der Waals surface area (Å²) in [6.45, 7) is 0.460. The summed E-state index contributed by atoms with van der Waals surface area (Å²) in [5, 5.41) is 9.06. The van der Waals surface area contributed by atoms with E-state index in [9.17, 15) is 8.42 Å². The van der Waals surface area contributed by atoms with Gasteiger partial charge in [0, 0.05) is 18.0 Å². The normalized spacial score (nSPS) is 11.4. The number of pyridine rings is 1. The van der Waals surface area contributed by atoms with Gasteiger partial charge in [-0.3, -0.25) is 0 Å². The molecule has 0 bridgehead atoms. The number of rotatable bonds is 5. The molecule has 0 saturated carbocycles. The fourth-order valence-corrected chi connectivity index (χ4v) is 2.69. The van der Waals surface area contributed by atoms with Crippen LogP contribution in [0.2, 0.25) is 0 Å². The fourth-order valence-electron chi connectivity index (χ4n) is 2.18. The predicted molar refractivity (Wildman–Crippen MR) is 89.0 cm³/mol. The average Bonchev–Trinajstić information content (AvgIpc) is 2.59. The molecule has 3 N–H and O–H groups in total. The molecular formula is C15H15N5O3S. The Morgan fingerprint density at radius 2 is 1.92 bits per heavy atom. The minimum Gasteiger partial charge on any atom is -0.481 e. The van der Waals surface area contributed by atoms with Gasteiger partial charge in [0.15, 0.2) is 0 Å². The number of fused-ring (bicyclic) bond motifs is 1. The zero-order chi connectivity index (χ0) is 17.2. The smallest absolute Gasteiger partial charge is 0.238 e. The van der Waals surface area contributed by atoms with Crippen molar-refractivity contribution in [2.24, 2.45) is 5.14 Å². The fraction of sp³-hybridized carbons (Fsp3) is 0.133. The van der Waals surface area contributed by atoms with Gasteiger partial charge in [0.25, 0.3) is 0 Å². The third kappa shape index (κ3) is 3.42. The molecule has 0 atom stereocenters. The number of hydrogen-bond donors (Lipinski definition) is 2. The van der Waals surface area contributed by atoms with Crippen molar-refractivity contribution in [1.82, 2.24) is 15.0 Å². The number of anilines is 1. The van der Waals surface area contributed by atoms with Crippen molar-refractivity contribution in [3.8, 4) is 5.88 Å². The molecule has 0 unspecified atom stereocenters. The number of nitrogens with two attached hydrogens (primary N) is 1. The van der Waals surface area contributed by atoms with Gasteiger partial charge in [0.1, 0.15) is 12.1 Å². The van der Waals surface area contributed by atoms with Crippen LogP contribution in [-0.4, -0.2) is 30.5 Å². The highest BCUT2D eigenvalue weighted by Gasteiger charge is 2.08. The van der Waals surface area contributed by atoms with Crippen LogP contribution in [-0.2, 0) is 16.6 Å². The van der Waals surface area contributed by atoms with E-state index in [2.05, 4.69) is 20.3 Å². The van der Waals surface area contributed by atoms with E-state index in [-0.39, 0.29) is 4.90 Å². The Balaban J connectivity index is 1.83. The van der Waals surface area contributed by atoms with Gasteiger partial charge in [-0.1, -0.05) is 12.1 Å². The Kier molecular flexibility index (Phi) is 4.28. The predicted octanol–water partition coefficient (Wildman–Crippen LogP) is 1.29.